The third kappa shape index (κ3) is 2.65. The van der Waals surface area contributed by atoms with Crippen molar-refractivity contribution >= 4 is 5.97 Å². The summed E-state index contributed by atoms with van der Waals surface area (Å²) in [6.07, 6.45) is 1.81. The van der Waals surface area contributed by atoms with Crippen LogP contribution in [0.25, 0.3) is 0 Å². The first-order valence-corrected chi connectivity index (χ1v) is 5.96. The van der Waals surface area contributed by atoms with Crippen molar-refractivity contribution in [2.75, 3.05) is 19.6 Å². The van der Waals surface area contributed by atoms with E-state index in [1.165, 1.54) is 11.1 Å². The molecule has 1 aliphatic rings. The number of carboxylic acids is 1. The first-order valence-electron chi connectivity index (χ1n) is 5.96. The molecule has 0 bridgehead atoms. The number of carbonyl (C=O) groups is 1. The number of fused-ring (bicyclic) bond motifs is 1. The largest absolute Gasteiger partial charge is 0.480 e. The molecule has 2 rings (SSSR count). The zero-order valence-electron chi connectivity index (χ0n) is 9.80. The number of nitrogens with zero attached hydrogens (tertiary/aromatic N) is 1. The second-order valence-corrected chi connectivity index (χ2v) is 4.39. The summed E-state index contributed by atoms with van der Waals surface area (Å²) in [5.74, 6) is -0.821. The van der Waals surface area contributed by atoms with Crippen LogP contribution in [-0.4, -0.2) is 41.7 Å². The predicted molar refractivity (Wildman–Crippen MR) is 65.9 cm³/mol. The lowest BCUT2D eigenvalue weighted by atomic mass is 10.0. The van der Waals surface area contributed by atoms with Gasteiger partial charge in [-0.1, -0.05) is 24.3 Å². The Morgan fingerprint density at radius 2 is 1.82 bits per heavy atom. The highest BCUT2D eigenvalue weighted by atomic mass is 16.4. The Morgan fingerprint density at radius 1 is 1.29 bits per heavy atom. The van der Waals surface area contributed by atoms with Crippen LogP contribution in [0.2, 0.25) is 0 Å². The molecule has 1 aliphatic heterocycles. The van der Waals surface area contributed by atoms with E-state index in [4.69, 9.17) is 10.8 Å². The summed E-state index contributed by atoms with van der Waals surface area (Å²) >= 11 is 0. The topological polar surface area (TPSA) is 66.6 Å². The van der Waals surface area contributed by atoms with Gasteiger partial charge in [-0.2, -0.15) is 0 Å². The van der Waals surface area contributed by atoms with Crippen LogP contribution in [0.5, 0.6) is 0 Å². The lowest BCUT2D eigenvalue weighted by molar-refractivity contribution is -0.142. The third-order valence-corrected chi connectivity index (χ3v) is 3.40. The first kappa shape index (κ1) is 12.1. The monoisotopic (exact) mass is 234 g/mol. The van der Waals surface area contributed by atoms with Gasteiger partial charge in [0.05, 0.1) is 0 Å². The highest BCUT2D eigenvalue weighted by Gasteiger charge is 2.25. The van der Waals surface area contributed by atoms with Crippen molar-refractivity contribution in [3.05, 3.63) is 35.4 Å². The molecule has 1 unspecified atom stereocenters. The summed E-state index contributed by atoms with van der Waals surface area (Å²) in [6, 6.07) is 7.76. The van der Waals surface area contributed by atoms with Gasteiger partial charge in [0.2, 0.25) is 0 Å². The van der Waals surface area contributed by atoms with Crippen molar-refractivity contribution in [2.24, 2.45) is 5.73 Å². The van der Waals surface area contributed by atoms with Crippen LogP contribution in [0.1, 0.15) is 11.1 Å². The molecule has 3 N–H and O–H groups in total. The Hall–Kier alpha value is -1.39. The van der Waals surface area contributed by atoms with Crippen LogP contribution in [0.3, 0.4) is 0 Å². The quantitative estimate of drug-likeness (QED) is 0.799. The SMILES string of the molecule is NCC(C(=O)O)N1CCc2ccccc2CC1. The summed E-state index contributed by atoms with van der Waals surface area (Å²) < 4.78 is 0. The molecular formula is C13H18N2O2. The van der Waals surface area contributed by atoms with E-state index in [1.54, 1.807) is 0 Å². The van der Waals surface area contributed by atoms with E-state index in [2.05, 4.69) is 12.1 Å². The molecule has 1 aromatic carbocycles. The molecule has 1 heterocycles. The molecule has 0 radical (unpaired) electrons. The maximum Gasteiger partial charge on any atom is 0.322 e. The van der Waals surface area contributed by atoms with Gasteiger partial charge in [0, 0.05) is 19.6 Å². The standard InChI is InChI=1S/C13H18N2O2/c14-9-12(13(16)17)15-7-5-10-3-1-2-4-11(10)6-8-15/h1-4,12H,5-9,14H2,(H,16,17). The van der Waals surface area contributed by atoms with Crippen molar-refractivity contribution in [3.8, 4) is 0 Å². The fraction of sp³-hybridized carbons (Fsp3) is 0.462. The van der Waals surface area contributed by atoms with Crippen LogP contribution in [-0.2, 0) is 17.6 Å². The molecule has 17 heavy (non-hydrogen) atoms. The molecular weight excluding hydrogens is 216 g/mol. The molecule has 0 aliphatic carbocycles. The Bertz CT molecular complexity index is 379. The van der Waals surface area contributed by atoms with Gasteiger partial charge in [-0.25, -0.2) is 0 Å². The minimum Gasteiger partial charge on any atom is -0.480 e. The summed E-state index contributed by atoms with van der Waals surface area (Å²) in [5, 5.41) is 9.11. The Morgan fingerprint density at radius 3 is 2.24 bits per heavy atom. The maximum absolute atomic E-state index is 11.1. The minimum atomic E-state index is -0.821. The molecule has 1 aromatic rings. The Balaban J connectivity index is 2.11. The average molecular weight is 234 g/mol. The second kappa shape index (κ2) is 5.29. The predicted octanol–water partition coefficient (Wildman–Crippen LogP) is 0.499. The van der Waals surface area contributed by atoms with Gasteiger partial charge in [0.25, 0.3) is 0 Å². The van der Waals surface area contributed by atoms with E-state index >= 15 is 0 Å². The van der Waals surface area contributed by atoms with Gasteiger partial charge in [-0.3, -0.25) is 9.69 Å². The van der Waals surface area contributed by atoms with E-state index < -0.39 is 12.0 Å². The Labute approximate surface area is 101 Å². The van der Waals surface area contributed by atoms with E-state index in [1.807, 2.05) is 17.0 Å². The molecule has 0 aromatic heterocycles. The summed E-state index contributed by atoms with van der Waals surface area (Å²) in [4.78, 5) is 13.1. The molecule has 4 nitrogen and oxygen atoms in total. The van der Waals surface area contributed by atoms with Gasteiger partial charge in [0.1, 0.15) is 6.04 Å². The van der Waals surface area contributed by atoms with Crippen molar-refractivity contribution in [3.63, 3.8) is 0 Å². The van der Waals surface area contributed by atoms with Crippen LogP contribution < -0.4 is 5.73 Å². The second-order valence-electron chi connectivity index (χ2n) is 4.39. The summed E-state index contributed by atoms with van der Waals surface area (Å²) in [7, 11) is 0. The molecule has 0 fully saturated rings. The lowest BCUT2D eigenvalue weighted by Gasteiger charge is -2.25. The summed E-state index contributed by atoms with van der Waals surface area (Å²) in [6.45, 7) is 1.71. The number of hydrogen-bond donors (Lipinski definition) is 2. The lowest BCUT2D eigenvalue weighted by Crippen LogP contribution is -2.47. The zero-order valence-corrected chi connectivity index (χ0v) is 9.80. The van der Waals surface area contributed by atoms with Crippen molar-refractivity contribution in [2.45, 2.75) is 18.9 Å². The molecule has 1 atom stereocenters. The smallest absolute Gasteiger partial charge is 0.322 e. The molecule has 92 valence electrons. The molecule has 0 spiro atoms. The third-order valence-electron chi connectivity index (χ3n) is 3.40. The fourth-order valence-corrected chi connectivity index (χ4v) is 2.40. The normalized spacial score (nSPS) is 18.2. The fourth-order valence-electron chi connectivity index (χ4n) is 2.40. The number of aliphatic carboxylic acids is 1. The molecule has 0 saturated heterocycles. The van der Waals surface area contributed by atoms with Crippen LogP contribution in [0.4, 0.5) is 0 Å². The average Bonchev–Trinajstić information content (AvgIpc) is 2.53. The minimum absolute atomic E-state index is 0.172. The number of hydrogen-bond acceptors (Lipinski definition) is 3. The van der Waals surface area contributed by atoms with Gasteiger partial charge >= 0.3 is 5.97 Å². The first-order chi connectivity index (χ1) is 8.22. The van der Waals surface area contributed by atoms with E-state index in [0.29, 0.717) is 0 Å². The van der Waals surface area contributed by atoms with Gasteiger partial charge in [0.15, 0.2) is 0 Å². The van der Waals surface area contributed by atoms with Crippen LogP contribution in [0, 0.1) is 0 Å². The van der Waals surface area contributed by atoms with Crippen LogP contribution in [0.15, 0.2) is 24.3 Å². The molecule has 0 saturated carbocycles. The van der Waals surface area contributed by atoms with Gasteiger partial charge in [-0.05, 0) is 24.0 Å². The van der Waals surface area contributed by atoms with Gasteiger partial charge in [-0.15, -0.1) is 0 Å². The zero-order chi connectivity index (χ0) is 12.3. The van der Waals surface area contributed by atoms with Crippen molar-refractivity contribution in [1.82, 2.24) is 4.90 Å². The molecule has 4 heteroatoms. The highest BCUT2D eigenvalue weighted by molar-refractivity contribution is 5.73. The number of benzene rings is 1. The van der Waals surface area contributed by atoms with E-state index in [9.17, 15) is 4.79 Å². The number of carboxylic acid groups (broad SMARTS) is 1. The number of rotatable bonds is 3. The maximum atomic E-state index is 11.1. The Kier molecular flexibility index (Phi) is 3.76. The van der Waals surface area contributed by atoms with Gasteiger partial charge < -0.3 is 10.8 Å². The van der Waals surface area contributed by atoms with Crippen molar-refractivity contribution in [1.29, 1.82) is 0 Å². The van der Waals surface area contributed by atoms with E-state index in [0.717, 1.165) is 25.9 Å². The summed E-state index contributed by atoms with van der Waals surface area (Å²) in [5.41, 5.74) is 8.20. The number of nitrogens with two attached hydrogens (primary N) is 1. The van der Waals surface area contributed by atoms with E-state index in [-0.39, 0.29) is 6.54 Å². The molecule has 0 amide bonds. The van der Waals surface area contributed by atoms with Crippen molar-refractivity contribution < 1.29 is 9.90 Å². The van der Waals surface area contributed by atoms with Crippen LogP contribution >= 0.6 is 0 Å². The highest BCUT2D eigenvalue weighted by Crippen LogP contribution is 2.16.